The van der Waals surface area contributed by atoms with Gasteiger partial charge in [0.05, 0.1) is 0 Å². The highest BCUT2D eigenvalue weighted by molar-refractivity contribution is 7.98. The molecule has 0 saturated heterocycles. The zero-order valence-electron chi connectivity index (χ0n) is 9.47. The largest absolute Gasteiger partial charge is 0.431 e. The lowest BCUT2D eigenvalue weighted by Crippen LogP contribution is -1.79. The van der Waals surface area contributed by atoms with E-state index < -0.39 is 0 Å². The van der Waals surface area contributed by atoms with Gasteiger partial charge in [-0.25, -0.2) is 4.98 Å². The summed E-state index contributed by atoms with van der Waals surface area (Å²) in [4.78, 5) is 4.42. The van der Waals surface area contributed by atoms with Gasteiger partial charge in [-0.2, -0.15) is 0 Å². The second kappa shape index (κ2) is 5.04. The summed E-state index contributed by atoms with van der Waals surface area (Å²) < 4.78 is 5.64. The summed E-state index contributed by atoms with van der Waals surface area (Å²) in [5, 5.41) is 1.46. The van der Waals surface area contributed by atoms with Gasteiger partial charge in [0, 0.05) is 10.8 Å². The van der Waals surface area contributed by atoms with Gasteiger partial charge in [0.15, 0.2) is 5.58 Å². The van der Waals surface area contributed by atoms with Gasteiger partial charge in [0.2, 0.25) is 0 Å². The predicted molar refractivity (Wildman–Crippen MR) is 75.0 cm³/mol. The first-order chi connectivity index (χ1) is 8.81. The van der Waals surface area contributed by atoms with Gasteiger partial charge < -0.3 is 4.42 Å². The Kier molecular flexibility index (Phi) is 3.26. The van der Waals surface area contributed by atoms with Crippen LogP contribution in [0, 0.1) is 0 Å². The van der Waals surface area contributed by atoms with Crippen molar-refractivity contribution in [1.82, 2.24) is 4.98 Å². The number of oxazole rings is 1. The molecule has 0 spiro atoms. The second-order valence-electron chi connectivity index (χ2n) is 3.86. The summed E-state index contributed by atoms with van der Waals surface area (Å²) in [6, 6.07) is 15.6. The van der Waals surface area contributed by atoms with Crippen LogP contribution >= 0.6 is 23.4 Å². The van der Waals surface area contributed by atoms with Crippen LogP contribution in [0.3, 0.4) is 0 Å². The highest BCUT2D eigenvalue weighted by Gasteiger charge is 2.05. The highest BCUT2D eigenvalue weighted by atomic mass is 35.5. The third-order valence-corrected chi connectivity index (χ3v) is 3.70. The van der Waals surface area contributed by atoms with Crippen molar-refractivity contribution in [3.8, 4) is 0 Å². The number of para-hydroxylation sites is 2. The van der Waals surface area contributed by atoms with Gasteiger partial charge in [-0.15, -0.1) is 0 Å². The van der Waals surface area contributed by atoms with Crippen LogP contribution in [0.2, 0.25) is 5.02 Å². The molecule has 2 aromatic carbocycles. The quantitative estimate of drug-likeness (QED) is 0.644. The Balaban J connectivity index is 1.74. The van der Waals surface area contributed by atoms with Crippen molar-refractivity contribution in [2.75, 3.05) is 0 Å². The minimum atomic E-state index is 0.700. The Morgan fingerprint density at radius 1 is 1.06 bits per heavy atom. The van der Waals surface area contributed by atoms with Gasteiger partial charge in [0.25, 0.3) is 5.22 Å². The van der Waals surface area contributed by atoms with Crippen molar-refractivity contribution < 1.29 is 4.42 Å². The minimum absolute atomic E-state index is 0.700. The first kappa shape index (κ1) is 11.6. The monoisotopic (exact) mass is 275 g/mol. The van der Waals surface area contributed by atoms with Gasteiger partial charge >= 0.3 is 0 Å². The Labute approximate surface area is 114 Å². The fraction of sp³-hybridized carbons (Fsp3) is 0.0714. The Morgan fingerprint density at radius 3 is 2.61 bits per heavy atom. The number of halogens is 1. The Bertz CT molecular complexity index is 630. The molecule has 0 aliphatic carbocycles. The van der Waals surface area contributed by atoms with E-state index in [4.69, 9.17) is 16.0 Å². The predicted octanol–water partition coefficient (Wildman–Crippen LogP) is 4.77. The first-order valence-corrected chi connectivity index (χ1v) is 6.90. The van der Waals surface area contributed by atoms with E-state index in [1.807, 2.05) is 48.5 Å². The van der Waals surface area contributed by atoms with Crippen molar-refractivity contribution in [3.05, 3.63) is 59.1 Å². The van der Waals surface area contributed by atoms with Crippen molar-refractivity contribution >= 4 is 34.5 Å². The molecular formula is C14H10ClNOS. The normalized spacial score (nSPS) is 10.9. The maximum absolute atomic E-state index is 5.84. The number of aromatic nitrogens is 1. The summed E-state index contributed by atoms with van der Waals surface area (Å²) in [6.07, 6.45) is 0. The molecule has 3 aromatic rings. The molecule has 0 aliphatic heterocycles. The number of nitrogens with zero attached hydrogens (tertiary/aromatic N) is 1. The highest BCUT2D eigenvalue weighted by Crippen LogP contribution is 2.26. The van der Waals surface area contributed by atoms with Gasteiger partial charge in [-0.3, -0.25) is 0 Å². The van der Waals surface area contributed by atoms with E-state index in [2.05, 4.69) is 4.98 Å². The standard InChI is InChI=1S/C14H10ClNOS/c15-11-7-5-10(6-8-11)9-18-14-16-12-3-1-2-4-13(12)17-14/h1-8H,9H2. The number of fused-ring (bicyclic) bond motifs is 1. The van der Waals surface area contributed by atoms with Crippen molar-refractivity contribution in [3.63, 3.8) is 0 Å². The maximum atomic E-state index is 5.84. The average molecular weight is 276 g/mol. The topological polar surface area (TPSA) is 26.0 Å². The molecule has 18 heavy (non-hydrogen) atoms. The molecule has 1 aromatic heterocycles. The molecule has 3 rings (SSSR count). The van der Waals surface area contributed by atoms with Gasteiger partial charge in [-0.1, -0.05) is 47.6 Å². The second-order valence-corrected chi connectivity index (χ2v) is 5.23. The average Bonchev–Trinajstić information content (AvgIpc) is 2.81. The summed E-state index contributed by atoms with van der Waals surface area (Å²) in [6.45, 7) is 0. The van der Waals surface area contributed by atoms with Crippen molar-refractivity contribution in [2.24, 2.45) is 0 Å². The van der Waals surface area contributed by atoms with Crippen LogP contribution in [0.25, 0.3) is 11.1 Å². The SMILES string of the molecule is Clc1ccc(CSc2nc3ccccc3o2)cc1. The van der Waals surface area contributed by atoms with E-state index in [0.717, 1.165) is 21.9 Å². The molecule has 0 unspecified atom stereocenters. The molecule has 0 N–H and O–H groups in total. The molecule has 1 heterocycles. The molecule has 0 saturated carbocycles. The number of hydrogen-bond acceptors (Lipinski definition) is 3. The Hall–Kier alpha value is -1.45. The first-order valence-electron chi connectivity index (χ1n) is 5.54. The van der Waals surface area contributed by atoms with E-state index in [9.17, 15) is 0 Å². The molecule has 0 bridgehead atoms. The van der Waals surface area contributed by atoms with Crippen LogP contribution in [-0.2, 0) is 5.75 Å². The van der Waals surface area contributed by atoms with E-state index in [0.29, 0.717) is 5.22 Å². The summed E-state index contributed by atoms with van der Waals surface area (Å²) in [5.74, 6) is 0.823. The molecule has 0 radical (unpaired) electrons. The molecule has 90 valence electrons. The van der Waals surface area contributed by atoms with E-state index in [1.54, 1.807) is 11.8 Å². The number of thioether (sulfide) groups is 1. The summed E-state index contributed by atoms with van der Waals surface area (Å²) in [7, 11) is 0. The van der Waals surface area contributed by atoms with E-state index >= 15 is 0 Å². The lowest BCUT2D eigenvalue weighted by Gasteiger charge is -1.98. The van der Waals surface area contributed by atoms with Crippen LogP contribution in [-0.4, -0.2) is 4.98 Å². The van der Waals surface area contributed by atoms with E-state index in [-0.39, 0.29) is 0 Å². The molecule has 0 amide bonds. The number of hydrogen-bond donors (Lipinski definition) is 0. The molecular weight excluding hydrogens is 266 g/mol. The summed E-state index contributed by atoms with van der Waals surface area (Å²) in [5.41, 5.74) is 2.93. The lowest BCUT2D eigenvalue weighted by molar-refractivity contribution is 0.489. The fourth-order valence-corrected chi connectivity index (χ4v) is 2.56. The summed E-state index contributed by atoms with van der Waals surface area (Å²) >= 11 is 7.43. The zero-order chi connectivity index (χ0) is 12.4. The third-order valence-electron chi connectivity index (χ3n) is 2.55. The maximum Gasteiger partial charge on any atom is 0.257 e. The van der Waals surface area contributed by atoms with Gasteiger partial charge in [0.1, 0.15) is 5.52 Å². The molecule has 2 nitrogen and oxygen atoms in total. The Morgan fingerprint density at radius 2 is 1.83 bits per heavy atom. The molecule has 0 fully saturated rings. The van der Waals surface area contributed by atoms with Crippen LogP contribution in [0.15, 0.2) is 58.2 Å². The van der Waals surface area contributed by atoms with Crippen LogP contribution < -0.4 is 0 Å². The van der Waals surface area contributed by atoms with Crippen LogP contribution in [0.5, 0.6) is 0 Å². The van der Waals surface area contributed by atoms with Gasteiger partial charge in [-0.05, 0) is 29.8 Å². The van der Waals surface area contributed by atoms with E-state index in [1.165, 1.54) is 5.56 Å². The minimum Gasteiger partial charge on any atom is -0.431 e. The van der Waals surface area contributed by atoms with Crippen LogP contribution in [0.1, 0.15) is 5.56 Å². The van der Waals surface area contributed by atoms with Crippen molar-refractivity contribution in [2.45, 2.75) is 11.0 Å². The zero-order valence-corrected chi connectivity index (χ0v) is 11.0. The molecule has 0 aliphatic rings. The molecule has 0 atom stereocenters. The third kappa shape index (κ3) is 2.52. The molecule has 4 heteroatoms. The smallest absolute Gasteiger partial charge is 0.257 e. The number of benzene rings is 2. The fourth-order valence-electron chi connectivity index (χ4n) is 1.64. The number of rotatable bonds is 3. The van der Waals surface area contributed by atoms with Crippen molar-refractivity contribution in [1.29, 1.82) is 0 Å². The lowest BCUT2D eigenvalue weighted by atomic mass is 10.2. The van der Waals surface area contributed by atoms with Crippen LogP contribution in [0.4, 0.5) is 0 Å².